The van der Waals surface area contributed by atoms with Crippen molar-refractivity contribution >= 4 is 34.4 Å². The number of hydrogen-bond acceptors (Lipinski definition) is 6. The molecule has 0 aliphatic carbocycles. The Hall–Kier alpha value is -3.45. The monoisotopic (exact) mass is 582 g/mol. The van der Waals surface area contributed by atoms with Crippen molar-refractivity contribution in [3.05, 3.63) is 83.1 Å². The first-order valence-corrected chi connectivity index (χ1v) is 13.3. The number of carbonyl (C=O) groups is 2. The number of likely N-dealkylation sites (N-methyl/N-ethyl adjacent to an activating group) is 1. The van der Waals surface area contributed by atoms with Gasteiger partial charge in [0.25, 0.3) is 5.91 Å². The van der Waals surface area contributed by atoms with Crippen molar-refractivity contribution in [2.45, 2.75) is 25.2 Å². The zero-order chi connectivity index (χ0) is 28.9. The summed E-state index contributed by atoms with van der Waals surface area (Å²) in [5.74, 6) is -3.96. The van der Waals surface area contributed by atoms with Gasteiger partial charge in [-0.05, 0) is 48.0 Å². The molecular weight excluding hydrogens is 554 g/mol. The highest BCUT2D eigenvalue weighted by atomic mass is 35.5. The highest BCUT2D eigenvalue weighted by Gasteiger charge is 2.24. The van der Waals surface area contributed by atoms with E-state index in [1.54, 1.807) is 24.5 Å². The van der Waals surface area contributed by atoms with Crippen LogP contribution in [0.25, 0.3) is 0 Å². The number of amides is 2. The number of pyridine rings is 1. The van der Waals surface area contributed by atoms with Gasteiger partial charge in [-0.1, -0.05) is 31.5 Å². The molecule has 9 nitrogen and oxygen atoms in total. The molecule has 0 saturated heterocycles. The van der Waals surface area contributed by atoms with Crippen LogP contribution in [-0.4, -0.2) is 62.1 Å². The lowest BCUT2D eigenvalue weighted by Gasteiger charge is -2.24. The van der Waals surface area contributed by atoms with Gasteiger partial charge in [-0.25, -0.2) is 22.8 Å². The topological polar surface area (TPSA) is 112 Å². The summed E-state index contributed by atoms with van der Waals surface area (Å²) >= 11 is 5.80. The first-order valence-electron chi connectivity index (χ1n) is 11.8. The summed E-state index contributed by atoms with van der Waals surface area (Å²) in [6.07, 6.45) is 3.22. The molecule has 0 aliphatic rings. The Kier molecular flexibility index (Phi) is 12.9. The molecule has 0 aliphatic heterocycles. The van der Waals surface area contributed by atoms with Crippen LogP contribution in [-0.2, 0) is 27.0 Å². The van der Waals surface area contributed by atoms with Crippen LogP contribution in [0.15, 0.2) is 65.8 Å². The summed E-state index contributed by atoms with van der Waals surface area (Å²) in [4.78, 5) is 29.3. The second-order valence-corrected chi connectivity index (χ2v) is 9.70. The van der Waals surface area contributed by atoms with Crippen molar-refractivity contribution in [2.24, 2.45) is 0 Å². The number of rotatable bonds is 11. The van der Waals surface area contributed by atoms with Gasteiger partial charge >= 0.3 is 0 Å². The molecule has 2 amide bonds. The summed E-state index contributed by atoms with van der Waals surface area (Å²) < 4.78 is 48.9. The van der Waals surface area contributed by atoms with Crippen LogP contribution in [0.3, 0.4) is 0 Å². The average Bonchev–Trinajstić information content (AvgIpc) is 2.94. The van der Waals surface area contributed by atoms with E-state index in [0.29, 0.717) is 10.6 Å². The first-order chi connectivity index (χ1) is 18.7. The average molecular weight is 583 g/mol. The van der Waals surface area contributed by atoms with Gasteiger partial charge in [-0.3, -0.25) is 19.8 Å². The van der Waals surface area contributed by atoms with E-state index in [1.807, 2.05) is 13.8 Å². The Bertz CT molecular complexity index is 1250. The van der Waals surface area contributed by atoms with Crippen molar-refractivity contribution in [1.29, 1.82) is 0 Å². The third kappa shape index (κ3) is 9.66. The molecule has 0 radical (unpaired) electrons. The van der Waals surface area contributed by atoms with E-state index in [1.165, 1.54) is 41.7 Å². The predicted octanol–water partition coefficient (Wildman–Crippen LogP) is 4.36. The van der Waals surface area contributed by atoms with Gasteiger partial charge in [-0.15, -0.1) is 0 Å². The number of hydroxylamine groups is 1. The zero-order valence-corrected chi connectivity index (χ0v) is 23.1. The van der Waals surface area contributed by atoms with Gasteiger partial charge in [0.15, 0.2) is 17.4 Å². The minimum atomic E-state index is -2.23. The highest BCUT2D eigenvalue weighted by molar-refractivity contribution is 7.82. The van der Waals surface area contributed by atoms with Crippen LogP contribution in [0, 0.1) is 11.6 Å². The number of nitrogens with one attached hydrogen (secondary N) is 1. The lowest BCUT2D eigenvalue weighted by atomic mass is 10.2. The summed E-state index contributed by atoms with van der Waals surface area (Å²) in [6, 6.07) is 10.9. The molecule has 210 valence electrons. The normalized spacial score (nSPS) is 11.3. The Morgan fingerprint density at radius 1 is 1.10 bits per heavy atom. The summed E-state index contributed by atoms with van der Waals surface area (Å²) in [5, 5.41) is 9.32. The first kappa shape index (κ1) is 31.8. The smallest absolute Gasteiger partial charge is 0.258 e. The largest absolute Gasteiger partial charge is 0.451 e. The fraction of sp³-hybridized carbons (Fsp3) is 0.269. The second kappa shape index (κ2) is 15.8. The number of ether oxygens (including phenoxy) is 1. The second-order valence-electron chi connectivity index (χ2n) is 7.77. The number of hydrogen-bond donors (Lipinski definition) is 2. The fourth-order valence-corrected chi connectivity index (χ4v) is 4.43. The predicted molar refractivity (Wildman–Crippen MR) is 143 cm³/mol. The molecule has 1 unspecified atom stereocenters. The van der Waals surface area contributed by atoms with Crippen molar-refractivity contribution in [3.63, 3.8) is 0 Å². The number of halogens is 3. The Morgan fingerprint density at radius 2 is 1.74 bits per heavy atom. The van der Waals surface area contributed by atoms with Crippen LogP contribution in [0.2, 0.25) is 5.02 Å². The minimum absolute atomic E-state index is 0.0340. The van der Waals surface area contributed by atoms with Crippen molar-refractivity contribution in [1.82, 2.24) is 19.7 Å². The quantitative estimate of drug-likeness (QED) is 0.257. The van der Waals surface area contributed by atoms with Gasteiger partial charge in [-0.2, -0.15) is 0 Å². The van der Waals surface area contributed by atoms with Crippen LogP contribution in [0.4, 0.5) is 8.78 Å². The van der Waals surface area contributed by atoms with E-state index in [9.17, 15) is 22.6 Å². The van der Waals surface area contributed by atoms with Gasteiger partial charge in [0, 0.05) is 37.6 Å². The van der Waals surface area contributed by atoms with Crippen LogP contribution >= 0.6 is 11.6 Å². The SMILES string of the molecule is CC.CN(CCN(CC(=O)NO)S(=O)c1cc(F)c(Oc2ccc(Cl)cc2)c(F)c1)C(=O)Cc1cccnc1. The molecule has 3 rings (SSSR count). The van der Waals surface area contributed by atoms with E-state index in [-0.39, 0.29) is 36.1 Å². The summed E-state index contributed by atoms with van der Waals surface area (Å²) in [7, 11) is -0.707. The molecule has 13 heteroatoms. The number of aromatic nitrogens is 1. The molecule has 0 bridgehead atoms. The van der Waals surface area contributed by atoms with E-state index in [2.05, 4.69) is 4.98 Å². The van der Waals surface area contributed by atoms with Crippen molar-refractivity contribution in [2.75, 3.05) is 26.7 Å². The van der Waals surface area contributed by atoms with Gasteiger partial charge in [0.2, 0.25) is 5.91 Å². The Balaban J connectivity index is 0.00000260. The van der Waals surface area contributed by atoms with Gasteiger partial charge in [0.05, 0.1) is 17.9 Å². The molecule has 3 aromatic rings. The maximum atomic E-state index is 14.7. The molecular formula is C26H29ClF2N4O5S. The lowest BCUT2D eigenvalue weighted by molar-refractivity contribution is -0.129. The number of nitrogens with zero attached hydrogens (tertiary/aromatic N) is 3. The Labute approximate surface area is 232 Å². The van der Waals surface area contributed by atoms with E-state index in [0.717, 1.165) is 16.4 Å². The molecule has 0 saturated carbocycles. The third-order valence-electron chi connectivity index (χ3n) is 5.07. The van der Waals surface area contributed by atoms with E-state index in [4.69, 9.17) is 21.5 Å². The molecule has 1 atom stereocenters. The van der Waals surface area contributed by atoms with Crippen molar-refractivity contribution < 1.29 is 32.5 Å². The molecule has 2 aromatic carbocycles. The maximum absolute atomic E-state index is 14.7. The van der Waals surface area contributed by atoms with E-state index >= 15 is 0 Å². The highest BCUT2D eigenvalue weighted by Crippen LogP contribution is 2.30. The zero-order valence-electron chi connectivity index (χ0n) is 21.6. The maximum Gasteiger partial charge on any atom is 0.258 e. The van der Waals surface area contributed by atoms with Crippen LogP contribution in [0.5, 0.6) is 11.5 Å². The lowest BCUT2D eigenvalue weighted by Crippen LogP contribution is -2.42. The molecule has 39 heavy (non-hydrogen) atoms. The number of carbonyl (C=O) groups excluding carboxylic acids is 2. The molecule has 2 N–H and O–H groups in total. The fourth-order valence-electron chi connectivity index (χ4n) is 3.12. The Morgan fingerprint density at radius 3 is 2.31 bits per heavy atom. The van der Waals surface area contributed by atoms with E-state index < -0.39 is 40.8 Å². The summed E-state index contributed by atoms with van der Waals surface area (Å²) in [6.45, 7) is 3.36. The third-order valence-corrected chi connectivity index (χ3v) is 6.75. The minimum Gasteiger partial charge on any atom is -0.451 e. The van der Waals surface area contributed by atoms with Crippen molar-refractivity contribution in [3.8, 4) is 11.5 Å². The summed E-state index contributed by atoms with van der Waals surface area (Å²) in [5.41, 5.74) is 2.13. The van der Waals surface area contributed by atoms with Crippen LogP contribution in [0.1, 0.15) is 19.4 Å². The van der Waals surface area contributed by atoms with Gasteiger partial charge < -0.3 is 9.64 Å². The molecule has 0 fully saturated rings. The molecule has 0 spiro atoms. The standard InChI is InChI=1S/C24H23ClF2N4O5S.C2H6/c1-30(23(33)11-16-3-2-8-28-14-16)9-10-31(15-22(32)29-34)37(35)19-12-20(26)24(21(27)13-19)36-18-6-4-17(25)5-7-18;1-2/h2-8,12-14,34H,9-11,15H2,1H3,(H,29,32);1-2H3. The number of benzene rings is 2. The molecule has 1 aromatic heterocycles. The van der Waals surface area contributed by atoms with Crippen LogP contribution < -0.4 is 10.2 Å². The van der Waals surface area contributed by atoms with Gasteiger partial charge in [0.1, 0.15) is 16.7 Å². The molecule has 1 heterocycles.